The smallest absolute Gasteiger partial charge is 0.250 e. The molecule has 1 heterocycles. The Morgan fingerprint density at radius 3 is 2.85 bits per heavy atom. The molecule has 1 aliphatic heterocycles. The number of carbonyl (C=O) groups is 1. The molecule has 0 aromatic carbocycles. The first-order valence-electron chi connectivity index (χ1n) is 4.90. The number of carbonyl (C=O) groups excluding carboxylic acids is 1. The number of rotatable bonds is 0. The predicted molar refractivity (Wildman–Crippen MR) is 45.8 cm³/mol. The quantitative estimate of drug-likeness (QED) is 0.446. The summed E-state index contributed by atoms with van der Waals surface area (Å²) in [6.07, 6.45) is 5.49. The molecule has 3 rings (SSSR count). The van der Waals surface area contributed by atoms with E-state index in [-0.39, 0.29) is 17.9 Å². The van der Waals surface area contributed by atoms with Gasteiger partial charge in [-0.15, -0.1) is 0 Å². The second kappa shape index (κ2) is 2.15. The van der Waals surface area contributed by atoms with E-state index in [1.807, 2.05) is 6.92 Å². The molecule has 2 fully saturated rings. The average molecular weight is 179 g/mol. The zero-order valence-electron chi connectivity index (χ0n) is 7.55. The van der Waals surface area contributed by atoms with Crippen LogP contribution in [0.5, 0.6) is 0 Å². The van der Waals surface area contributed by atoms with Crippen LogP contribution < -0.4 is 0 Å². The molecule has 1 N–H and O–H groups in total. The van der Waals surface area contributed by atoms with E-state index in [1.165, 1.54) is 0 Å². The molecule has 0 spiro atoms. The highest BCUT2D eigenvalue weighted by molar-refractivity contribution is 5.82. The first kappa shape index (κ1) is 7.56. The maximum atomic E-state index is 11.6. The molecule has 5 atom stereocenters. The largest absolute Gasteiger partial charge is 0.286 e. The molecule has 70 valence electrons. The second-order valence-electron chi connectivity index (χ2n) is 4.47. The Morgan fingerprint density at radius 2 is 2.15 bits per heavy atom. The molecular weight excluding hydrogens is 166 g/mol. The number of hydrogen-bond acceptors (Lipinski definition) is 2. The minimum atomic E-state index is -0.0608. The lowest BCUT2D eigenvalue weighted by molar-refractivity contribution is -0.167. The normalized spacial score (nSPS) is 52.0. The minimum absolute atomic E-state index is 0.0115. The fraction of sp³-hybridized carbons (Fsp3) is 0.700. The van der Waals surface area contributed by atoms with Crippen LogP contribution in [0, 0.1) is 23.7 Å². The van der Waals surface area contributed by atoms with Crippen LogP contribution in [0.2, 0.25) is 0 Å². The Balaban J connectivity index is 2.03. The van der Waals surface area contributed by atoms with Crippen molar-refractivity contribution in [2.75, 3.05) is 0 Å². The van der Waals surface area contributed by atoms with E-state index in [1.54, 1.807) is 0 Å². The van der Waals surface area contributed by atoms with Crippen molar-refractivity contribution in [1.82, 2.24) is 5.06 Å². The first-order chi connectivity index (χ1) is 6.20. The number of nitrogens with zero attached hydrogens (tertiary/aromatic N) is 1. The van der Waals surface area contributed by atoms with Crippen LogP contribution in [0.25, 0.3) is 0 Å². The van der Waals surface area contributed by atoms with Crippen LogP contribution in [-0.2, 0) is 4.79 Å². The molecule has 13 heavy (non-hydrogen) atoms. The number of allylic oxidation sites excluding steroid dienone is 2. The van der Waals surface area contributed by atoms with Crippen LogP contribution in [0.15, 0.2) is 12.2 Å². The topological polar surface area (TPSA) is 40.5 Å². The molecule has 3 nitrogen and oxygen atoms in total. The summed E-state index contributed by atoms with van der Waals surface area (Å²) in [5.74, 6) is 1.32. The van der Waals surface area contributed by atoms with Gasteiger partial charge in [0.05, 0.1) is 12.0 Å². The molecular formula is C10H13NO2. The van der Waals surface area contributed by atoms with Crippen molar-refractivity contribution in [1.29, 1.82) is 0 Å². The van der Waals surface area contributed by atoms with Crippen molar-refractivity contribution in [2.24, 2.45) is 23.7 Å². The molecule has 0 aromatic rings. The zero-order valence-corrected chi connectivity index (χ0v) is 7.55. The molecule has 2 bridgehead atoms. The SMILES string of the molecule is CC1C2C3C=CC(C3)C2C(=O)N1O. The Hall–Kier alpha value is -0.830. The maximum Gasteiger partial charge on any atom is 0.250 e. The first-order valence-corrected chi connectivity index (χ1v) is 4.90. The highest BCUT2D eigenvalue weighted by atomic mass is 16.5. The Morgan fingerprint density at radius 1 is 1.46 bits per heavy atom. The highest BCUT2D eigenvalue weighted by Crippen LogP contribution is 2.53. The van der Waals surface area contributed by atoms with E-state index in [0.717, 1.165) is 11.5 Å². The standard InChI is InChI=1S/C10H13NO2/c1-5-8-6-2-3-7(4-6)9(8)10(12)11(5)13/h2-3,5-9,13H,4H2,1H3. The van der Waals surface area contributed by atoms with E-state index in [2.05, 4.69) is 12.2 Å². The molecule has 3 heteroatoms. The zero-order chi connectivity index (χ0) is 9.16. The van der Waals surface area contributed by atoms with Gasteiger partial charge in [-0.05, 0) is 25.2 Å². The second-order valence-corrected chi connectivity index (χ2v) is 4.47. The van der Waals surface area contributed by atoms with E-state index >= 15 is 0 Å². The Labute approximate surface area is 77.0 Å². The lowest BCUT2D eigenvalue weighted by Gasteiger charge is -2.21. The van der Waals surface area contributed by atoms with Crippen molar-refractivity contribution in [3.05, 3.63) is 12.2 Å². The summed E-state index contributed by atoms with van der Waals surface area (Å²) < 4.78 is 0. The minimum Gasteiger partial charge on any atom is -0.286 e. The third kappa shape index (κ3) is 0.718. The summed E-state index contributed by atoms with van der Waals surface area (Å²) >= 11 is 0. The monoisotopic (exact) mass is 179 g/mol. The molecule has 5 unspecified atom stereocenters. The van der Waals surface area contributed by atoms with E-state index in [0.29, 0.717) is 17.8 Å². The number of fused-ring (bicyclic) bond motifs is 5. The van der Waals surface area contributed by atoms with E-state index in [4.69, 9.17) is 0 Å². The van der Waals surface area contributed by atoms with E-state index < -0.39 is 0 Å². The molecule has 1 saturated carbocycles. The van der Waals surface area contributed by atoms with Gasteiger partial charge in [0.25, 0.3) is 0 Å². The number of hydroxylamine groups is 2. The Bertz CT molecular complexity index is 299. The van der Waals surface area contributed by atoms with Gasteiger partial charge in [-0.25, -0.2) is 5.06 Å². The van der Waals surface area contributed by atoms with Crippen molar-refractivity contribution < 1.29 is 10.0 Å². The molecule has 3 aliphatic rings. The number of amides is 1. The predicted octanol–water partition coefficient (Wildman–Crippen LogP) is 1.04. The fourth-order valence-corrected chi connectivity index (χ4v) is 3.38. The molecule has 0 aromatic heterocycles. The molecule has 0 radical (unpaired) electrons. The van der Waals surface area contributed by atoms with Gasteiger partial charge in [0, 0.05) is 5.92 Å². The van der Waals surface area contributed by atoms with Gasteiger partial charge < -0.3 is 0 Å². The van der Waals surface area contributed by atoms with Gasteiger partial charge in [0.2, 0.25) is 5.91 Å². The van der Waals surface area contributed by atoms with Crippen molar-refractivity contribution in [2.45, 2.75) is 19.4 Å². The lowest BCUT2D eigenvalue weighted by Crippen LogP contribution is -2.31. The van der Waals surface area contributed by atoms with Crippen LogP contribution in [0.3, 0.4) is 0 Å². The van der Waals surface area contributed by atoms with Crippen molar-refractivity contribution >= 4 is 5.91 Å². The summed E-state index contributed by atoms with van der Waals surface area (Å²) in [6.45, 7) is 1.94. The van der Waals surface area contributed by atoms with Gasteiger partial charge in [-0.3, -0.25) is 10.0 Å². The molecule has 1 amide bonds. The third-order valence-electron chi connectivity index (χ3n) is 3.97. The summed E-state index contributed by atoms with van der Waals surface area (Å²) in [5.41, 5.74) is 0. The van der Waals surface area contributed by atoms with Gasteiger partial charge in [0.1, 0.15) is 0 Å². The fourth-order valence-electron chi connectivity index (χ4n) is 3.38. The highest BCUT2D eigenvalue weighted by Gasteiger charge is 2.57. The maximum absolute atomic E-state index is 11.6. The summed E-state index contributed by atoms with van der Waals surface area (Å²) in [4.78, 5) is 11.6. The van der Waals surface area contributed by atoms with Gasteiger partial charge in [-0.2, -0.15) is 0 Å². The van der Waals surface area contributed by atoms with Gasteiger partial charge >= 0.3 is 0 Å². The van der Waals surface area contributed by atoms with Crippen LogP contribution in [0.1, 0.15) is 13.3 Å². The van der Waals surface area contributed by atoms with Crippen LogP contribution in [-0.4, -0.2) is 22.2 Å². The van der Waals surface area contributed by atoms with E-state index in [9.17, 15) is 10.0 Å². The third-order valence-corrected chi connectivity index (χ3v) is 3.97. The number of hydrogen-bond donors (Lipinski definition) is 1. The Kier molecular flexibility index (Phi) is 1.25. The lowest BCUT2D eigenvalue weighted by atomic mass is 9.82. The van der Waals surface area contributed by atoms with Gasteiger partial charge in [0.15, 0.2) is 0 Å². The summed E-state index contributed by atoms with van der Waals surface area (Å²) in [6, 6.07) is 0.0115. The molecule has 2 aliphatic carbocycles. The van der Waals surface area contributed by atoms with Crippen LogP contribution in [0.4, 0.5) is 0 Å². The summed E-state index contributed by atoms with van der Waals surface area (Å²) in [5, 5.41) is 10.4. The van der Waals surface area contributed by atoms with Crippen molar-refractivity contribution in [3.63, 3.8) is 0 Å². The van der Waals surface area contributed by atoms with Crippen molar-refractivity contribution in [3.8, 4) is 0 Å². The molecule has 1 saturated heterocycles. The van der Waals surface area contributed by atoms with Gasteiger partial charge in [-0.1, -0.05) is 12.2 Å². The van der Waals surface area contributed by atoms with Crippen LogP contribution >= 0.6 is 0 Å². The average Bonchev–Trinajstić information content (AvgIpc) is 2.76. The summed E-state index contributed by atoms with van der Waals surface area (Å²) in [7, 11) is 0.